The average Bonchev–Trinajstić information content (AvgIpc) is 1.67. The molecule has 2 heteroatoms. The van der Waals surface area contributed by atoms with Crippen molar-refractivity contribution in [2.24, 2.45) is 0 Å². The molecule has 0 bridgehead atoms. The zero-order valence-corrected chi connectivity index (χ0v) is 8.55. The summed E-state index contributed by atoms with van der Waals surface area (Å²) in [6, 6.07) is 0. The van der Waals surface area contributed by atoms with Gasteiger partial charge >= 0.3 is 0 Å². The molecule has 1 unspecified atom stereocenters. The van der Waals surface area contributed by atoms with E-state index in [2.05, 4.69) is 45.7 Å². The molecule has 0 N–H and O–H groups in total. The largest absolute Gasteiger partial charge is 0.0913 e. The van der Waals surface area contributed by atoms with Crippen LogP contribution < -0.4 is 0 Å². The van der Waals surface area contributed by atoms with Gasteiger partial charge in [0.15, 0.2) is 0 Å². The second kappa shape index (κ2) is 3.89. The molecule has 1 atom stereocenters. The average molecular weight is 244 g/mol. The smallest absolute Gasteiger partial charge is 0.0326 e. The lowest BCUT2D eigenvalue weighted by Crippen LogP contribution is -2.16. The summed E-state index contributed by atoms with van der Waals surface area (Å²) in [5.74, 6) is 0. The molecule has 8 heavy (non-hydrogen) atoms. The zero-order chi connectivity index (χ0) is 6.62. The minimum atomic E-state index is 0.321. The van der Waals surface area contributed by atoms with Crippen LogP contribution in [0.4, 0.5) is 0 Å². The van der Waals surface area contributed by atoms with Crippen LogP contribution in [0.5, 0.6) is 0 Å². The molecule has 0 heterocycles. The van der Waals surface area contributed by atoms with Gasteiger partial charge in [0.2, 0.25) is 0 Å². The van der Waals surface area contributed by atoms with E-state index < -0.39 is 0 Å². The zero-order valence-electron chi connectivity index (χ0n) is 5.38. The lowest BCUT2D eigenvalue weighted by atomic mass is 10.1. The maximum Gasteiger partial charge on any atom is 0.0326 e. The van der Waals surface area contributed by atoms with Crippen LogP contribution in [-0.2, 0) is 0 Å². The van der Waals surface area contributed by atoms with E-state index in [9.17, 15) is 0 Å². The van der Waals surface area contributed by atoms with Gasteiger partial charge in [0.05, 0.1) is 0 Å². The molecule has 0 fully saturated rings. The van der Waals surface area contributed by atoms with Crippen molar-refractivity contribution in [2.45, 2.75) is 31.0 Å². The summed E-state index contributed by atoms with van der Waals surface area (Å²) in [6.07, 6.45) is 2.48. The number of hydrogen-bond donors (Lipinski definition) is 0. The molecule has 0 nitrogen and oxygen atoms in total. The van der Waals surface area contributed by atoms with Crippen molar-refractivity contribution < 1.29 is 0 Å². The Bertz CT molecular complexity index is 59.5. The minimum Gasteiger partial charge on any atom is -0.0913 e. The van der Waals surface area contributed by atoms with E-state index in [1.807, 2.05) is 0 Å². The highest BCUT2D eigenvalue weighted by Crippen LogP contribution is 2.25. The van der Waals surface area contributed by atoms with Crippen molar-refractivity contribution in [2.75, 3.05) is 5.33 Å². The van der Waals surface area contributed by atoms with Crippen molar-refractivity contribution in [3.8, 4) is 0 Å². The highest BCUT2D eigenvalue weighted by atomic mass is 79.9. The van der Waals surface area contributed by atoms with Crippen LogP contribution in [0.25, 0.3) is 0 Å². The first kappa shape index (κ1) is 8.96. The molecule has 0 aliphatic rings. The quantitative estimate of drug-likeness (QED) is 0.668. The summed E-state index contributed by atoms with van der Waals surface area (Å²) < 4.78 is 0.321. The van der Waals surface area contributed by atoms with Gasteiger partial charge in [-0.15, -0.1) is 0 Å². The topological polar surface area (TPSA) is 0 Å². The van der Waals surface area contributed by atoms with Crippen molar-refractivity contribution in [1.82, 2.24) is 0 Å². The van der Waals surface area contributed by atoms with Crippen LogP contribution >= 0.6 is 31.9 Å². The van der Waals surface area contributed by atoms with Crippen LogP contribution in [0.1, 0.15) is 26.7 Å². The number of alkyl halides is 2. The van der Waals surface area contributed by atoms with E-state index in [1.54, 1.807) is 0 Å². The van der Waals surface area contributed by atoms with Crippen LogP contribution in [0, 0.1) is 0 Å². The van der Waals surface area contributed by atoms with Gasteiger partial charge in [-0.1, -0.05) is 45.2 Å². The molecule has 0 rings (SSSR count). The number of hydrogen-bond acceptors (Lipinski definition) is 0. The molecule has 50 valence electrons. The van der Waals surface area contributed by atoms with Gasteiger partial charge < -0.3 is 0 Å². The highest BCUT2D eigenvalue weighted by Gasteiger charge is 2.15. The molecule has 0 aliphatic carbocycles. The van der Waals surface area contributed by atoms with Crippen molar-refractivity contribution in [3.63, 3.8) is 0 Å². The second-order valence-corrected chi connectivity index (χ2v) is 4.77. The molecule has 0 radical (unpaired) electrons. The number of halogens is 2. The first-order valence-electron chi connectivity index (χ1n) is 2.87. The van der Waals surface area contributed by atoms with Crippen LogP contribution in [0.2, 0.25) is 0 Å². The highest BCUT2D eigenvalue weighted by molar-refractivity contribution is 9.12. The van der Waals surface area contributed by atoms with Gasteiger partial charge in [0, 0.05) is 9.65 Å². The first-order chi connectivity index (χ1) is 3.62. The van der Waals surface area contributed by atoms with E-state index in [0.717, 1.165) is 5.33 Å². The molecular formula is C6H12Br2. The predicted octanol–water partition coefficient (Wildman–Crippen LogP) is 3.34. The third-order valence-electron chi connectivity index (χ3n) is 1.05. The molecule has 0 aromatic carbocycles. The van der Waals surface area contributed by atoms with Gasteiger partial charge in [0.25, 0.3) is 0 Å². The van der Waals surface area contributed by atoms with E-state index in [-0.39, 0.29) is 0 Å². The van der Waals surface area contributed by atoms with Gasteiger partial charge in [-0.3, -0.25) is 0 Å². The molecule has 0 amide bonds. The first-order valence-corrected chi connectivity index (χ1v) is 4.78. The second-order valence-electron chi connectivity index (χ2n) is 2.30. The Labute approximate surface area is 68.3 Å². The summed E-state index contributed by atoms with van der Waals surface area (Å²) in [6.45, 7) is 4.40. The third kappa shape index (κ3) is 3.90. The fourth-order valence-corrected chi connectivity index (χ4v) is 1.26. The summed E-state index contributed by atoms with van der Waals surface area (Å²) in [4.78, 5) is 0. The Morgan fingerprint density at radius 3 is 2.12 bits per heavy atom. The standard InChI is InChI=1S/C6H12Br2/c1-3-4-6(2,8)5-7/h3-5H2,1-2H3. The van der Waals surface area contributed by atoms with Gasteiger partial charge in [-0.05, 0) is 13.3 Å². The van der Waals surface area contributed by atoms with Crippen molar-refractivity contribution >= 4 is 31.9 Å². The summed E-state index contributed by atoms with van der Waals surface area (Å²) in [5.41, 5.74) is 0. The Balaban J connectivity index is 3.37. The molecule has 0 aliphatic heterocycles. The Morgan fingerprint density at radius 1 is 1.50 bits per heavy atom. The fraction of sp³-hybridized carbons (Fsp3) is 1.00. The van der Waals surface area contributed by atoms with E-state index >= 15 is 0 Å². The minimum absolute atomic E-state index is 0.321. The van der Waals surface area contributed by atoms with Crippen LogP contribution in [0.15, 0.2) is 0 Å². The van der Waals surface area contributed by atoms with E-state index in [4.69, 9.17) is 0 Å². The maximum absolute atomic E-state index is 3.59. The van der Waals surface area contributed by atoms with Gasteiger partial charge in [-0.2, -0.15) is 0 Å². The Morgan fingerprint density at radius 2 is 2.00 bits per heavy atom. The predicted molar refractivity (Wildman–Crippen MR) is 46.0 cm³/mol. The van der Waals surface area contributed by atoms with Gasteiger partial charge in [-0.25, -0.2) is 0 Å². The number of rotatable bonds is 3. The maximum atomic E-state index is 3.59. The van der Waals surface area contributed by atoms with E-state index in [1.165, 1.54) is 12.8 Å². The summed E-state index contributed by atoms with van der Waals surface area (Å²) in [5, 5.41) is 1.04. The van der Waals surface area contributed by atoms with Crippen LogP contribution in [-0.4, -0.2) is 9.65 Å². The van der Waals surface area contributed by atoms with Crippen molar-refractivity contribution in [1.29, 1.82) is 0 Å². The molecule has 0 spiro atoms. The third-order valence-corrected chi connectivity index (χ3v) is 3.72. The summed E-state index contributed by atoms with van der Waals surface area (Å²) in [7, 11) is 0. The molecule has 0 aromatic heterocycles. The van der Waals surface area contributed by atoms with Gasteiger partial charge in [0.1, 0.15) is 0 Å². The molecule has 0 saturated heterocycles. The van der Waals surface area contributed by atoms with E-state index in [0.29, 0.717) is 4.32 Å². The summed E-state index contributed by atoms with van der Waals surface area (Å²) >= 11 is 7.02. The normalized spacial score (nSPS) is 18.0. The Kier molecular flexibility index (Phi) is 4.35. The van der Waals surface area contributed by atoms with Crippen molar-refractivity contribution in [3.05, 3.63) is 0 Å². The molecular weight excluding hydrogens is 232 g/mol. The SMILES string of the molecule is CCCC(C)(Br)CBr. The fourth-order valence-electron chi connectivity index (χ4n) is 0.588. The monoisotopic (exact) mass is 242 g/mol. The molecule has 0 saturated carbocycles. The lowest BCUT2D eigenvalue weighted by Gasteiger charge is -2.17. The van der Waals surface area contributed by atoms with Crippen LogP contribution in [0.3, 0.4) is 0 Å². The lowest BCUT2D eigenvalue weighted by molar-refractivity contribution is 0.651. The Hall–Kier alpha value is 0.960. The molecule has 0 aromatic rings.